The van der Waals surface area contributed by atoms with E-state index >= 15 is 0 Å². The first kappa shape index (κ1) is 15.5. The average molecular weight is 275 g/mol. The van der Waals surface area contributed by atoms with Crippen molar-refractivity contribution in [2.75, 3.05) is 33.2 Å². The van der Waals surface area contributed by atoms with Gasteiger partial charge in [0.25, 0.3) is 0 Å². The third-order valence-corrected chi connectivity index (χ3v) is 4.53. The van der Waals surface area contributed by atoms with E-state index in [4.69, 9.17) is 0 Å². The lowest BCUT2D eigenvalue weighted by Gasteiger charge is -2.43. The van der Waals surface area contributed by atoms with Crippen molar-refractivity contribution in [2.24, 2.45) is 0 Å². The Balaban J connectivity index is 2.02. The third-order valence-electron chi connectivity index (χ3n) is 4.53. The van der Waals surface area contributed by atoms with Crippen LogP contribution in [0.1, 0.15) is 32.4 Å². The second-order valence-electron chi connectivity index (χ2n) is 6.10. The van der Waals surface area contributed by atoms with Gasteiger partial charge in [-0.3, -0.25) is 9.80 Å². The first-order valence-electron chi connectivity index (χ1n) is 7.84. The Morgan fingerprint density at radius 1 is 1.15 bits per heavy atom. The van der Waals surface area contributed by atoms with Gasteiger partial charge in [0.2, 0.25) is 0 Å². The molecule has 1 saturated heterocycles. The summed E-state index contributed by atoms with van der Waals surface area (Å²) in [6.07, 6.45) is 0. The van der Waals surface area contributed by atoms with Crippen LogP contribution in [0.25, 0.3) is 0 Å². The zero-order valence-corrected chi connectivity index (χ0v) is 13.3. The second-order valence-corrected chi connectivity index (χ2v) is 6.10. The number of nitrogens with zero attached hydrogens (tertiary/aromatic N) is 2. The van der Waals surface area contributed by atoms with Crippen molar-refractivity contribution in [3.8, 4) is 0 Å². The predicted octanol–water partition coefficient (Wildman–Crippen LogP) is 2.36. The number of nitrogens with one attached hydrogen (secondary N) is 1. The lowest BCUT2D eigenvalue weighted by molar-refractivity contribution is 0.0543. The number of hydrogen-bond donors (Lipinski definition) is 1. The van der Waals surface area contributed by atoms with E-state index < -0.39 is 0 Å². The van der Waals surface area contributed by atoms with Crippen molar-refractivity contribution in [3.05, 3.63) is 35.9 Å². The molecular formula is C17H29N3. The van der Waals surface area contributed by atoms with Crippen LogP contribution in [-0.2, 0) is 0 Å². The minimum Gasteiger partial charge on any atom is -0.309 e. The molecule has 3 unspecified atom stereocenters. The highest BCUT2D eigenvalue weighted by molar-refractivity contribution is 5.19. The van der Waals surface area contributed by atoms with Crippen LogP contribution in [-0.4, -0.2) is 55.1 Å². The molecule has 20 heavy (non-hydrogen) atoms. The van der Waals surface area contributed by atoms with Crippen molar-refractivity contribution in [1.29, 1.82) is 0 Å². The van der Waals surface area contributed by atoms with Gasteiger partial charge < -0.3 is 5.32 Å². The van der Waals surface area contributed by atoms with E-state index in [9.17, 15) is 0 Å². The topological polar surface area (TPSA) is 18.5 Å². The summed E-state index contributed by atoms with van der Waals surface area (Å²) in [6, 6.07) is 12.5. The summed E-state index contributed by atoms with van der Waals surface area (Å²) in [5.74, 6) is 0. The molecule has 1 fully saturated rings. The Morgan fingerprint density at radius 3 is 2.30 bits per heavy atom. The van der Waals surface area contributed by atoms with Crippen molar-refractivity contribution in [3.63, 3.8) is 0 Å². The summed E-state index contributed by atoms with van der Waals surface area (Å²) in [5.41, 5.74) is 1.40. The quantitative estimate of drug-likeness (QED) is 0.890. The Morgan fingerprint density at radius 2 is 1.75 bits per heavy atom. The van der Waals surface area contributed by atoms with E-state index in [2.05, 4.69) is 73.3 Å². The van der Waals surface area contributed by atoms with Crippen molar-refractivity contribution in [2.45, 2.75) is 38.9 Å². The van der Waals surface area contributed by atoms with Crippen LogP contribution in [0.2, 0.25) is 0 Å². The van der Waals surface area contributed by atoms with Crippen LogP contribution in [0.5, 0.6) is 0 Å². The minimum absolute atomic E-state index is 0.434. The molecule has 0 saturated carbocycles. The maximum Gasteiger partial charge on any atom is 0.0449 e. The van der Waals surface area contributed by atoms with Crippen LogP contribution in [0.4, 0.5) is 0 Å². The summed E-state index contributed by atoms with van der Waals surface area (Å²) < 4.78 is 0. The van der Waals surface area contributed by atoms with Crippen molar-refractivity contribution >= 4 is 0 Å². The van der Waals surface area contributed by atoms with Gasteiger partial charge in [0.05, 0.1) is 0 Å². The Bertz CT molecular complexity index is 380. The molecule has 0 aliphatic carbocycles. The highest BCUT2D eigenvalue weighted by Gasteiger charge is 2.27. The molecule has 0 aromatic heterocycles. The van der Waals surface area contributed by atoms with E-state index in [-0.39, 0.29) is 0 Å². The maximum absolute atomic E-state index is 3.63. The van der Waals surface area contributed by atoms with E-state index in [0.717, 1.165) is 26.2 Å². The van der Waals surface area contributed by atoms with Gasteiger partial charge in [-0.25, -0.2) is 0 Å². The molecule has 1 aliphatic rings. The smallest absolute Gasteiger partial charge is 0.0449 e. The van der Waals surface area contributed by atoms with E-state index in [1.54, 1.807) is 0 Å². The van der Waals surface area contributed by atoms with Gasteiger partial charge in [-0.05, 0) is 33.0 Å². The second kappa shape index (κ2) is 7.21. The lowest BCUT2D eigenvalue weighted by Crippen LogP contribution is -2.56. The molecule has 3 atom stereocenters. The zero-order valence-electron chi connectivity index (χ0n) is 13.3. The monoisotopic (exact) mass is 275 g/mol. The SMILES string of the molecule is CCNC(CN1CC(C)N(C)C(C)C1)c1ccccc1. The molecule has 112 valence electrons. The molecule has 1 aromatic carbocycles. The summed E-state index contributed by atoms with van der Waals surface area (Å²) in [7, 11) is 2.24. The number of benzene rings is 1. The number of hydrogen-bond acceptors (Lipinski definition) is 3. The standard InChI is InChI=1S/C17H29N3/c1-5-18-17(16-9-7-6-8-10-16)13-20-11-14(2)19(4)15(3)12-20/h6-10,14-15,17-18H,5,11-13H2,1-4H3. The largest absolute Gasteiger partial charge is 0.309 e. The Kier molecular flexibility index (Phi) is 5.58. The highest BCUT2D eigenvalue weighted by atomic mass is 15.3. The Hall–Kier alpha value is -0.900. The number of piperazine rings is 1. The fourth-order valence-electron chi connectivity index (χ4n) is 3.14. The molecule has 1 N–H and O–H groups in total. The molecule has 3 heteroatoms. The maximum atomic E-state index is 3.63. The summed E-state index contributed by atoms with van der Waals surface area (Å²) in [5, 5.41) is 3.63. The Labute approximate surface area is 124 Å². The molecule has 0 radical (unpaired) electrons. The van der Waals surface area contributed by atoms with E-state index in [1.807, 2.05) is 0 Å². The van der Waals surface area contributed by atoms with Crippen LogP contribution in [0, 0.1) is 0 Å². The normalized spacial score (nSPS) is 26.6. The van der Waals surface area contributed by atoms with Crippen LogP contribution in [0.15, 0.2) is 30.3 Å². The van der Waals surface area contributed by atoms with Crippen molar-refractivity contribution < 1.29 is 0 Å². The molecule has 0 amide bonds. The minimum atomic E-state index is 0.434. The molecule has 3 nitrogen and oxygen atoms in total. The fourth-order valence-corrected chi connectivity index (χ4v) is 3.14. The molecular weight excluding hydrogens is 246 g/mol. The predicted molar refractivity (Wildman–Crippen MR) is 86.0 cm³/mol. The average Bonchev–Trinajstić information content (AvgIpc) is 2.45. The van der Waals surface area contributed by atoms with Gasteiger partial charge in [0.1, 0.15) is 0 Å². The van der Waals surface area contributed by atoms with Crippen molar-refractivity contribution in [1.82, 2.24) is 15.1 Å². The van der Waals surface area contributed by atoms with Gasteiger partial charge in [-0.15, -0.1) is 0 Å². The number of likely N-dealkylation sites (N-methyl/N-ethyl adjacent to an activating group) is 2. The highest BCUT2D eigenvalue weighted by Crippen LogP contribution is 2.19. The number of rotatable bonds is 5. The molecule has 1 heterocycles. The van der Waals surface area contributed by atoms with Gasteiger partial charge in [0.15, 0.2) is 0 Å². The summed E-state index contributed by atoms with van der Waals surface area (Å²) in [4.78, 5) is 5.09. The van der Waals surface area contributed by atoms with Crippen LogP contribution < -0.4 is 5.32 Å². The first-order chi connectivity index (χ1) is 9.61. The summed E-state index contributed by atoms with van der Waals surface area (Å²) in [6.45, 7) is 11.3. The molecule has 1 aromatic rings. The molecule has 2 rings (SSSR count). The third kappa shape index (κ3) is 3.81. The zero-order chi connectivity index (χ0) is 14.5. The van der Waals surface area contributed by atoms with E-state index in [0.29, 0.717) is 18.1 Å². The lowest BCUT2D eigenvalue weighted by atomic mass is 10.0. The van der Waals surface area contributed by atoms with Gasteiger partial charge in [-0.2, -0.15) is 0 Å². The van der Waals surface area contributed by atoms with Gasteiger partial charge in [0, 0.05) is 37.8 Å². The molecule has 0 spiro atoms. The first-order valence-corrected chi connectivity index (χ1v) is 7.84. The van der Waals surface area contributed by atoms with Crippen LogP contribution >= 0.6 is 0 Å². The fraction of sp³-hybridized carbons (Fsp3) is 0.647. The molecule has 0 bridgehead atoms. The van der Waals surface area contributed by atoms with E-state index in [1.165, 1.54) is 5.56 Å². The molecule has 1 aliphatic heterocycles. The summed E-state index contributed by atoms with van der Waals surface area (Å²) >= 11 is 0. The van der Waals surface area contributed by atoms with Crippen LogP contribution in [0.3, 0.4) is 0 Å². The van der Waals surface area contributed by atoms with Gasteiger partial charge >= 0.3 is 0 Å². The van der Waals surface area contributed by atoms with Gasteiger partial charge in [-0.1, -0.05) is 37.3 Å².